The lowest BCUT2D eigenvalue weighted by atomic mass is 10.1. The molecule has 2 aromatic rings. The number of carbonyl (C=O) groups excluding carboxylic acids is 2. The first-order valence-corrected chi connectivity index (χ1v) is 8.94. The van der Waals surface area contributed by atoms with E-state index in [0.29, 0.717) is 48.9 Å². The highest BCUT2D eigenvalue weighted by Gasteiger charge is 2.24. The molecule has 2 heterocycles. The molecule has 2 amide bonds. The van der Waals surface area contributed by atoms with Gasteiger partial charge in [0.25, 0.3) is 5.91 Å². The molecule has 1 aliphatic rings. The highest BCUT2D eigenvalue weighted by atomic mass is 16.5. The van der Waals surface area contributed by atoms with Crippen LogP contribution in [0, 0.1) is 6.92 Å². The molecule has 0 bridgehead atoms. The average Bonchev–Trinajstić information content (AvgIpc) is 3.10. The van der Waals surface area contributed by atoms with Crippen LogP contribution in [-0.4, -0.2) is 66.6 Å². The van der Waals surface area contributed by atoms with Crippen LogP contribution in [0.2, 0.25) is 0 Å². The Kier molecular flexibility index (Phi) is 6.08. The number of aryl methyl sites for hydroxylation is 1. The molecular formula is C19H24N4O4. The minimum absolute atomic E-state index is 0.0220. The molecule has 0 saturated carbocycles. The van der Waals surface area contributed by atoms with Crippen molar-refractivity contribution in [1.82, 2.24) is 15.0 Å². The van der Waals surface area contributed by atoms with E-state index in [1.54, 1.807) is 32.2 Å². The van der Waals surface area contributed by atoms with Crippen molar-refractivity contribution in [3.63, 3.8) is 0 Å². The van der Waals surface area contributed by atoms with Gasteiger partial charge in [-0.3, -0.25) is 14.5 Å². The fraction of sp³-hybridized carbons (Fsp3) is 0.421. The molecule has 1 aromatic carbocycles. The number of aromatic nitrogens is 1. The summed E-state index contributed by atoms with van der Waals surface area (Å²) in [5.41, 5.74) is 0.579. The van der Waals surface area contributed by atoms with Crippen LogP contribution in [0.15, 0.2) is 34.9 Å². The third-order valence-electron chi connectivity index (χ3n) is 4.55. The summed E-state index contributed by atoms with van der Waals surface area (Å²) in [4.78, 5) is 28.7. The first kappa shape index (κ1) is 18.9. The Balaban J connectivity index is 1.44. The number of nitrogens with zero attached hydrogens (tertiary/aromatic N) is 3. The molecule has 0 aliphatic carbocycles. The zero-order valence-corrected chi connectivity index (χ0v) is 15.6. The smallest absolute Gasteiger partial charge is 0.257 e. The number of carbonyl (C=O) groups is 2. The molecule has 8 heteroatoms. The molecule has 1 aromatic heterocycles. The van der Waals surface area contributed by atoms with E-state index in [0.717, 1.165) is 13.1 Å². The Bertz CT molecular complexity index is 797. The summed E-state index contributed by atoms with van der Waals surface area (Å²) in [6.45, 7) is 5.13. The number of para-hydroxylation sites is 1. The molecule has 27 heavy (non-hydrogen) atoms. The van der Waals surface area contributed by atoms with Gasteiger partial charge in [0.15, 0.2) is 5.82 Å². The Morgan fingerprint density at radius 1 is 1.22 bits per heavy atom. The number of hydrogen-bond donors (Lipinski definition) is 1. The minimum Gasteiger partial charge on any atom is -0.496 e. The van der Waals surface area contributed by atoms with Crippen molar-refractivity contribution in [3.05, 3.63) is 41.7 Å². The standard InChI is InChI=1S/C19H24N4O4/c1-14-13-17(21-27-14)20-18(24)7-8-22-9-11-23(12-10-22)19(25)15-5-3-4-6-16(15)26-2/h3-6,13H,7-12H2,1-2H3,(H,20,21,24). The summed E-state index contributed by atoms with van der Waals surface area (Å²) in [5, 5.41) is 6.46. The Morgan fingerprint density at radius 3 is 2.63 bits per heavy atom. The van der Waals surface area contributed by atoms with Gasteiger partial charge in [-0.05, 0) is 19.1 Å². The molecule has 0 atom stereocenters. The Hall–Kier alpha value is -2.87. The maximum absolute atomic E-state index is 12.7. The number of nitrogens with one attached hydrogen (secondary N) is 1. The molecular weight excluding hydrogens is 348 g/mol. The third kappa shape index (κ3) is 4.85. The number of benzene rings is 1. The number of anilines is 1. The van der Waals surface area contributed by atoms with Crippen molar-refractivity contribution in [1.29, 1.82) is 0 Å². The first-order valence-electron chi connectivity index (χ1n) is 8.94. The van der Waals surface area contributed by atoms with E-state index in [2.05, 4.69) is 15.4 Å². The first-order chi connectivity index (χ1) is 13.1. The van der Waals surface area contributed by atoms with Crippen LogP contribution in [0.5, 0.6) is 5.75 Å². The van der Waals surface area contributed by atoms with Crippen LogP contribution in [0.4, 0.5) is 5.82 Å². The number of rotatable bonds is 6. The van der Waals surface area contributed by atoms with Gasteiger partial charge in [-0.25, -0.2) is 0 Å². The molecule has 0 radical (unpaired) electrons. The van der Waals surface area contributed by atoms with E-state index in [1.165, 1.54) is 0 Å². The van der Waals surface area contributed by atoms with Crippen LogP contribution < -0.4 is 10.1 Å². The molecule has 1 N–H and O–H groups in total. The van der Waals surface area contributed by atoms with Crippen LogP contribution in [0.25, 0.3) is 0 Å². The Morgan fingerprint density at radius 2 is 1.96 bits per heavy atom. The van der Waals surface area contributed by atoms with Gasteiger partial charge in [0.05, 0.1) is 12.7 Å². The second kappa shape index (κ2) is 8.68. The number of hydrogen-bond acceptors (Lipinski definition) is 6. The van der Waals surface area contributed by atoms with Crippen LogP contribution >= 0.6 is 0 Å². The third-order valence-corrected chi connectivity index (χ3v) is 4.55. The maximum Gasteiger partial charge on any atom is 0.257 e. The van der Waals surface area contributed by atoms with Crippen molar-refractivity contribution in [2.45, 2.75) is 13.3 Å². The van der Waals surface area contributed by atoms with E-state index in [9.17, 15) is 9.59 Å². The van der Waals surface area contributed by atoms with Gasteiger partial charge in [0.2, 0.25) is 5.91 Å². The summed E-state index contributed by atoms with van der Waals surface area (Å²) in [6.07, 6.45) is 0.367. The fourth-order valence-corrected chi connectivity index (χ4v) is 3.06. The predicted molar refractivity (Wildman–Crippen MR) is 99.8 cm³/mol. The topological polar surface area (TPSA) is 87.9 Å². The fourth-order valence-electron chi connectivity index (χ4n) is 3.06. The molecule has 144 valence electrons. The maximum atomic E-state index is 12.7. The lowest BCUT2D eigenvalue weighted by Crippen LogP contribution is -2.49. The van der Waals surface area contributed by atoms with Gasteiger partial charge >= 0.3 is 0 Å². The predicted octanol–water partition coefficient (Wildman–Crippen LogP) is 1.78. The summed E-state index contributed by atoms with van der Waals surface area (Å²) in [6, 6.07) is 8.93. The SMILES string of the molecule is COc1ccccc1C(=O)N1CCN(CCC(=O)Nc2cc(C)on2)CC1. The summed E-state index contributed by atoms with van der Waals surface area (Å²) in [7, 11) is 1.56. The van der Waals surface area contributed by atoms with Gasteiger partial charge in [0, 0.05) is 45.2 Å². The number of amides is 2. The summed E-state index contributed by atoms with van der Waals surface area (Å²) < 4.78 is 10.2. The van der Waals surface area contributed by atoms with Gasteiger partial charge < -0.3 is 19.5 Å². The van der Waals surface area contributed by atoms with E-state index < -0.39 is 0 Å². The van der Waals surface area contributed by atoms with E-state index >= 15 is 0 Å². The largest absolute Gasteiger partial charge is 0.496 e. The lowest BCUT2D eigenvalue weighted by Gasteiger charge is -2.34. The molecule has 3 rings (SSSR count). The summed E-state index contributed by atoms with van der Waals surface area (Å²) >= 11 is 0. The van der Waals surface area contributed by atoms with Crippen molar-refractivity contribution in [2.75, 3.05) is 45.2 Å². The van der Waals surface area contributed by atoms with Crippen LogP contribution in [-0.2, 0) is 4.79 Å². The number of ether oxygens (including phenoxy) is 1. The Labute approximate surface area is 158 Å². The zero-order valence-electron chi connectivity index (χ0n) is 15.6. The molecule has 0 spiro atoms. The van der Waals surface area contributed by atoms with E-state index in [1.807, 2.05) is 17.0 Å². The quantitative estimate of drug-likeness (QED) is 0.832. The van der Waals surface area contributed by atoms with Crippen molar-refractivity contribution < 1.29 is 18.8 Å². The normalized spacial score (nSPS) is 14.8. The highest BCUT2D eigenvalue weighted by Crippen LogP contribution is 2.20. The van der Waals surface area contributed by atoms with Crippen molar-refractivity contribution >= 4 is 17.6 Å². The van der Waals surface area contributed by atoms with E-state index in [4.69, 9.17) is 9.26 Å². The monoisotopic (exact) mass is 372 g/mol. The van der Waals surface area contributed by atoms with Crippen molar-refractivity contribution in [3.8, 4) is 5.75 Å². The molecule has 1 saturated heterocycles. The van der Waals surface area contributed by atoms with Gasteiger partial charge in [-0.1, -0.05) is 17.3 Å². The molecule has 1 aliphatic heterocycles. The lowest BCUT2D eigenvalue weighted by molar-refractivity contribution is -0.116. The zero-order chi connectivity index (χ0) is 19.2. The van der Waals surface area contributed by atoms with Gasteiger partial charge in [0.1, 0.15) is 11.5 Å². The summed E-state index contributed by atoms with van der Waals surface area (Å²) in [5.74, 6) is 1.55. The highest BCUT2D eigenvalue weighted by molar-refractivity contribution is 5.97. The van der Waals surface area contributed by atoms with Crippen LogP contribution in [0.1, 0.15) is 22.5 Å². The second-order valence-corrected chi connectivity index (χ2v) is 6.46. The van der Waals surface area contributed by atoms with E-state index in [-0.39, 0.29) is 11.8 Å². The molecule has 0 unspecified atom stereocenters. The number of methoxy groups -OCH3 is 1. The van der Waals surface area contributed by atoms with Gasteiger partial charge in [-0.2, -0.15) is 0 Å². The number of piperazine rings is 1. The molecule has 1 fully saturated rings. The minimum atomic E-state index is -0.101. The van der Waals surface area contributed by atoms with Crippen molar-refractivity contribution in [2.24, 2.45) is 0 Å². The second-order valence-electron chi connectivity index (χ2n) is 6.46. The molecule has 8 nitrogen and oxygen atoms in total. The average molecular weight is 372 g/mol. The van der Waals surface area contributed by atoms with Gasteiger partial charge in [-0.15, -0.1) is 0 Å². The van der Waals surface area contributed by atoms with Crippen LogP contribution in [0.3, 0.4) is 0 Å².